The van der Waals surface area contributed by atoms with Gasteiger partial charge >= 0.3 is 0 Å². The van der Waals surface area contributed by atoms with E-state index < -0.39 is 12.2 Å². The van der Waals surface area contributed by atoms with E-state index in [0.717, 1.165) is 5.56 Å². The van der Waals surface area contributed by atoms with Crippen LogP contribution in [0.25, 0.3) is 0 Å². The van der Waals surface area contributed by atoms with E-state index in [1.54, 1.807) is 12.1 Å². The van der Waals surface area contributed by atoms with Crippen LogP contribution in [0, 0.1) is 0 Å². The van der Waals surface area contributed by atoms with E-state index in [-0.39, 0.29) is 16.5 Å². The topological polar surface area (TPSA) is 46.5 Å². The Kier molecular flexibility index (Phi) is 6.60. The number of ether oxygens (including phenoxy) is 1. The summed E-state index contributed by atoms with van der Waals surface area (Å²) in [5.41, 5.74) is 1.65. The van der Waals surface area contributed by atoms with Crippen molar-refractivity contribution in [2.75, 3.05) is 0 Å². The number of rotatable bonds is 6. The minimum Gasteiger partial charge on any atom is -0.385 e. The lowest BCUT2D eigenvalue weighted by molar-refractivity contribution is -0.131. The van der Waals surface area contributed by atoms with E-state index in [1.165, 1.54) is 11.8 Å². The monoisotopic (exact) mass is 344 g/mol. The lowest BCUT2D eigenvalue weighted by Gasteiger charge is -2.25. The quantitative estimate of drug-likeness (QED) is 0.845. The molecule has 0 saturated carbocycles. The SMILES string of the molecule is CC(C)(C)SC(=O)[C@@H](OCc1ccccc1)[C@@H](O)c1ccccc1. The molecule has 128 valence electrons. The van der Waals surface area contributed by atoms with Crippen molar-refractivity contribution in [3.63, 3.8) is 0 Å². The second-order valence-corrected chi connectivity index (χ2v) is 8.44. The van der Waals surface area contributed by atoms with E-state index in [1.807, 2.05) is 69.3 Å². The van der Waals surface area contributed by atoms with Gasteiger partial charge in [-0.2, -0.15) is 0 Å². The Morgan fingerprint density at radius 1 is 1.04 bits per heavy atom. The molecular formula is C20H24O3S. The molecule has 0 radical (unpaired) electrons. The molecule has 0 aliphatic rings. The average molecular weight is 344 g/mol. The number of carbonyl (C=O) groups excluding carboxylic acids is 1. The first-order valence-electron chi connectivity index (χ1n) is 7.98. The second kappa shape index (κ2) is 8.47. The van der Waals surface area contributed by atoms with Gasteiger partial charge in [-0.15, -0.1) is 0 Å². The molecule has 2 rings (SSSR count). The highest BCUT2D eigenvalue weighted by Gasteiger charge is 2.32. The normalized spacial score (nSPS) is 14.2. The van der Waals surface area contributed by atoms with Crippen molar-refractivity contribution in [2.24, 2.45) is 0 Å². The maximum atomic E-state index is 12.7. The van der Waals surface area contributed by atoms with Gasteiger partial charge in [-0.1, -0.05) is 93.2 Å². The highest BCUT2D eigenvalue weighted by Crippen LogP contribution is 2.31. The Labute approximate surface area is 148 Å². The fourth-order valence-electron chi connectivity index (χ4n) is 2.23. The van der Waals surface area contributed by atoms with Crippen LogP contribution >= 0.6 is 11.8 Å². The van der Waals surface area contributed by atoms with Crippen LogP contribution in [0.15, 0.2) is 60.7 Å². The van der Waals surface area contributed by atoms with Crippen molar-refractivity contribution in [3.8, 4) is 0 Å². The molecule has 3 nitrogen and oxygen atoms in total. The maximum Gasteiger partial charge on any atom is 0.221 e. The van der Waals surface area contributed by atoms with Gasteiger partial charge in [0, 0.05) is 4.75 Å². The van der Waals surface area contributed by atoms with E-state index in [9.17, 15) is 9.90 Å². The van der Waals surface area contributed by atoms with Crippen molar-refractivity contribution in [1.82, 2.24) is 0 Å². The molecule has 0 fully saturated rings. The van der Waals surface area contributed by atoms with Crippen LogP contribution in [0.4, 0.5) is 0 Å². The van der Waals surface area contributed by atoms with Gasteiger partial charge in [0.25, 0.3) is 0 Å². The molecule has 0 amide bonds. The van der Waals surface area contributed by atoms with E-state index in [0.29, 0.717) is 5.56 Å². The van der Waals surface area contributed by atoms with Gasteiger partial charge < -0.3 is 9.84 Å². The van der Waals surface area contributed by atoms with Gasteiger partial charge in [-0.05, 0) is 11.1 Å². The number of aliphatic hydroxyl groups excluding tert-OH is 1. The Bertz CT molecular complexity index is 635. The van der Waals surface area contributed by atoms with Gasteiger partial charge in [-0.3, -0.25) is 4.79 Å². The van der Waals surface area contributed by atoms with Crippen LogP contribution in [-0.4, -0.2) is 21.1 Å². The summed E-state index contributed by atoms with van der Waals surface area (Å²) >= 11 is 1.20. The molecule has 0 heterocycles. The molecule has 0 unspecified atom stereocenters. The third-order valence-electron chi connectivity index (χ3n) is 3.34. The second-order valence-electron chi connectivity index (χ2n) is 6.61. The zero-order valence-corrected chi connectivity index (χ0v) is 15.1. The van der Waals surface area contributed by atoms with Gasteiger partial charge in [0.2, 0.25) is 5.12 Å². The molecule has 0 aromatic heterocycles. The van der Waals surface area contributed by atoms with Crippen molar-refractivity contribution in [1.29, 1.82) is 0 Å². The summed E-state index contributed by atoms with van der Waals surface area (Å²) in [6.07, 6.45) is -1.89. The number of thioether (sulfide) groups is 1. The molecule has 1 N–H and O–H groups in total. The van der Waals surface area contributed by atoms with Crippen LogP contribution in [-0.2, 0) is 16.1 Å². The molecule has 0 spiro atoms. The minimum absolute atomic E-state index is 0.158. The highest BCUT2D eigenvalue weighted by atomic mass is 32.2. The zero-order valence-electron chi connectivity index (χ0n) is 14.3. The minimum atomic E-state index is -0.989. The first-order valence-corrected chi connectivity index (χ1v) is 8.80. The largest absolute Gasteiger partial charge is 0.385 e. The standard InChI is InChI=1S/C20H24O3S/c1-20(2,3)24-19(22)18(17(21)16-12-8-5-9-13-16)23-14-15-10-6-4-7-11-15/h4-13,17-18,21H,14H2,1-3H3/t17-,18-/m0/s1. The number of carbonyl (C=O) groups is 1. The fraction of sp³-hybridized carbons (Fsp3) is 0.350. The molecular weight excluding hydrogens is 320 g/mol. The number of aliphatic hydroxyl groups is 1. The Balaban J connectivity index is 2.15. The lowest BCUT2D eigenvalue weighted by atomic mass is 10.1. The first kappa shape index (κ1) is 18.7. The van der Waals surface area contributed by atoms with E-state index in [2.05, 4.69) is 0 Å². The third kappa shape index (κ3) is 5.78. The highest BCUT2D eigenvalue weighted by molar-refractivity contribution is 8.14. The molecule has 0 aliphatic carbocycles. The molecule has 0 aliphatic heterocycles. The van der Waals surface area contributed by atoms with Crippen molar-refractivity contribution >= 4 is 16.9 Å². The van der Waals surface area contributed by atoms with Crippen molar-refractivity contribution in [2.45, 2.75) is 44.3 Å². The predicted octanol–water partition coefficient (Wildman–Crippen LogP) is 4.36. The Morgan fingerprint density at radius 2 is 1.58 bits per heavy atom. The van der Waals surface area contributed by atoms with E-state index >= 15 is 0 Å². The van der Waals surface area contributed by atoms with Crippen LogP contribution in [0.3, 0.4) is 0 Å². The van der Waals surface area contributed by atoms with Crippen LogP contribution in [0.1, 0.15) is 38.0 Å². The Hall–Kier alpha value is -1.62. The molecule has 2 aromatic carbocycles. The Morgan fingerprint density at radius 3 is 2.12 bits per heavy atom. The summed E-state index contributed by atoms with van der Waals surface area (Å²) < 4.78 is 5.60. The molecule has 2 atom stereocenters. The smallest absolute Gasteiger partial charge is 0.221 e. The molecule has 24 heavy (non-hydrogen) atoms. The summed E-state index contributed by atoms with van der Waals surface area (Å²) in [4.78, 5) is 12.7. The summed E-state index contributed by atoms with van der Waals surface area (Å²) in [5.74, 6) is 0. The van der Waals surface area contributed by atoms with Gasteiger partial charge in [0.05, 0.1) is 6.61 Å². The summed E-state index contributed by atoms with van der Waals surface area (Å²) in [6.45, 7) is 6.20. The summed E-state index contributed by atoms with van der Waals surface area (Å²) in [5, 5.41) is 10.5. The van der Waals surface area contributed by atoms with Gasteiger partial charge in [0.15, 0.2) is 6.10 Å². The van der Waals surface area contributed by atoms with Gasteiger partial charge in [0.1, 0.15) is 6.10 Å². The molecule has 0 saturated heterocycles. The maximum absolute atomic E-state index is 12.7. The van der Waals surface area contributed by atoms with Gasteiger partial charge in [-0.25, -0.2) is 0 Å². The number of hydrogen-bond acceptors (Lipinski definition) is 4. The van der Waals surface area contributed by atoms with Crippen LogP contribution in [0.5, 0.6) is 0 Å². The number of benzene rings is 2. The fourth-order valence-corrected chi connectivity index (χ4v) is 3.15. The first-order chi connectivity index (χ1) is 11.4. The van der Waals surface area contributed by atoms with Crippen LogP contribution in [0.2, 0.25) is 0 Å². The molecule has 4 heteroatoms. The third-order valence-corrected chi connectivity index (χ3v) is 4.39. The summed E-state index contributed by atoms with van der Waals surface area (Å²) in [6, 6.07) is 18.8. The predicted molar refractivity (Wildman–Crippen MR) is 98.8 cm³/mol. The molecule has 2 aromatic rings. The van der Waals surface area contributed by atoms with Crippen molar-refractivity contribution in [3.05, 3.63) is 71.8 Å². The van der Waals surface area contributed by atoms with E-state index in [4.69, 9.17) is 4.74 Å². The lowest BCUT2D eigenvalue weighted by Crippen LogP contribution is -2.31. The zero-order chi connectivity index (χ0) is 17.6. The number of hydrogen-bond donors (Lipinski definition) is 1. The van der Waals surface area contributed by atoms with Crippen molar-refractivity contribution < 1.29 is 14.6 Å². The average Bonchev–Trinajstić information content (AvgIpc) is 2.55. The molecule has 0 bridgehead atoms. The van der Waals surface area contributed by atoms with Crippen LogP contribution < -0.4 is 0 Å². The summed E-state index contributed by atoms with van der Waals surface area (Å²) in [7, 11) is 0.